The molecule has 1 fully saturated rings. The largest absolute Gasteiger partial charge is 0.309 e. The number of fused-ring (bicyclic) bond motifs is 1. The summed E-state index contributed by atoms with van der Waals surface area (Å²) >= 11 is 2.77. The quantitative estimate of drug-likeness (QED) is 0.544. The van der Waals surface area contributed by atoms with Crippen molar-refractivity contribution in [3.63, 3.8) is 0 Å². The van der Waals surface area contributed by atoms with Crippen LogP contribution >= 0.6 is 23.1 Å². The standard InChI is InChI=1S/C16H17N5O2S2/c1-7-11-14(23)17-10(18-15(11)25-12(7)8(2)22)6-24-16-20-19-13(21(16)3)9-4-5-9/h9H,4-6H2,1-3H3,(H,17,18,23). The van der Waals surface area contributed by atoms with E-state index in [2.05, 4.69) is 20.2 Å². The van der Waals surface area contributed by atoms with Gasteiger partial charge in [-0.05, 0) is 32.3 Å². The molecule has 9 heteroatoms. The van der Waals surface area contributed by atoms with Crippen molar-refractivity contribution >= 4 is 39.1 Å². The predicted molar refractivity (Wildman–Crippen MR) is 97.5 cm³/mol. The fourth-order valence-electron chi connectivity index (χ4n) is 2.87. The van der Waals surface area contributed by atoms with Crippen molar-refractivity contribution < 1.29 is 4.79 Å². The van der Waals surface area contributed by atoms with Crippen LogP contribution in [-0.2, 0) is 12.8 Å². The molecule has 0 radical (unpaired) electrons. The number of hydrogen-bond acceptors (Lipinski definition) is 7. The van der Waals surface area contributed by atoms with Crippen molar-refractivity contribution in [1.82, 2.24) is 24.7 Å². The van der Waals surface area contributed by atoms with Gasteiger partial charge < -0.3 is 9.55 Å². The van der Waals surface area contributed by atoms with Gasteiger partial charge in [0.2, 0.25) is 0 Å². The highest BCUT2D eigenvalue weighted by molar-refractivity contribution is 7.98. The first-order valence-corrected chi connectivity index (χ1v) is 9.81. The Hall–Kier alpha value is -2.00. The van der Waals surface area contributed by atoms with Crippen LogP contribution in [0, 0.1) is 6.92 Å². The predicted octanol–water partition coefficient (Wildman–Crippen LogP) is 2.79. The number of aromatic nitrogens is 5. The number of Topliss-reactive ketones (excluding diaryl/α,β-unsaturated/α-hetero) is 1. The van der Waals surface area contributed by atoms with Gasteiger partial charge in [-0.2, -0.15) is 0 Å². The molecule has 1 aliphatic rings. The number of H-pyrrole nitrogens is 1. The third kappa shape index (κ3) is 2.91. The minimum Gasteiger partial charge on any atom is -0.309 e. The van der Waals surface area contributed by atoms with E-state index in [1.54, 1.807) is 6.92 Å². The van der Waals surface area contributed by atoms with Crippen molar-refractivity contribution in [1.29, 1.82) is 0 Å². The normalized spacial score (nSPS) is 14.4. The van der Waals surface area contributed by atoms with E-state index in [4.69, 9.17) is 0 Å². The minimum atomic E-state index is -0.196. The molecule has 1 N–H and O–H groups in total. The van der Waals surface area contributed by atoms with Gasteiger partial charge in [-0.25, -0.2) is 4.98 Å². The second kappa shape index (κ2) is 6.06. The van der Waals surface area contributed by atoms with Crippen LogP contribution in [0.15, 0.2) is 9.95 Å². The summed E-state index contributed by atoms with van der Waals surface area (Å²) in [6, 6.07) is 0. The Balaban J connectivity index is 1.61. The molecule has 25 heavy (non-hydrogen) atoms. The van der Waals surface area contributed by atoms with E-state index in [1.165, 1.54) is 42.9 Å². The Kier molecular flexibility index (Phi) is 3.99. The topological polar surface area (TPSA) is 93.5 Å². The van der Waals surface area contributed by atoms with E-state index in [9.17, 15) is 9.59 Å². The third-order valence-corrected chi connectivity index (χ3v) is 6.64. The number of nitrogens with zero attached hydrogens (tertiary/aromatic N) is 4. The fourth-order valence-corrected chi connectivity index (χ4v) is 4.76. The molecule has 7 nitrogen and oxygen atoms in total. The van der Waals surface area contributed by atoms with E-state index >= 15 is 0 Å². The monoisotopic (exact) mass is 375 g/mol. The smallest absolute Gasteiger partial charge is 0.259 e. The van der Waals surface area contributed by atoms with Crippen LogP contribution in [0.5, 0.6) is 0 Å². The molecular formula is C16H17N5O2S2. The van der Waals surface area contributed by atoms with Crippen LogP contribution in [-0.4, -0.2) is 30.5 Å². The molecule has 1 saturated carbocycles. The van der Waals surface area contributed by atoms with Crippen molar-refractivity contribution in [2.24, 2.45) is 7.05 Å². The second-order valence-corrected chi connectivity index (χ2v) is 8.21. The lowest BCUT2D eigenvalue weighted by molar-refractivity contribution is 0.102. The zero-order valence-electron chi connectivity index (χ0n) is 14.1. The Morgan fingerprint density at radius 2 is 2.16 bits per heavy atom. The summed E-state index contributed by atoms with van der Waals surface area (Å²) in [5.74, 6) is 2.60. The molecule has 0 aliphatic heterocycles. The van der Waals surface area contributed by atoms with Crippen molar-refractivity contribution in [3.8, 4) is 0 Å². The van der Waals surface area contributed by atoms with Crippen molar-refractivity contribution in [2.75, 3.05) is 0 Å². The molecule has 130 valence electrons. The summed E-state index contributed by atoms with van der Waals surface area (Å²) in [6.07, 6.45) is 2.36. The van der Waals surface area contributed by atoms with E-state index in [-0.39, 0.29) is 11.3 Å². The number of nitrogens with one attached hydrogen (secondary N) is 1. The first-order valence-electron chi connectivity index (χ1n) is 8.01. The van der Waals surface area contributed by atoms with Crippen LogP contribution in [0.3, 0.4) is 0 Å². The molecule has 1 aliphatic carbocycles. The Labute approximate surface area is 151 Å². The molecule has 0 saturated heterocycles. The number of hydrogen-bond donors (Lipinski definition) is 1. The van der Waals surface area contributed by atoms with Gasteiger partial charge in [0, 0.05) is 13.0 Å². The molecular weight excluding hydrogens is 358 g/mol. The van der Waals surface area contributed by atoms with Gasteiger partial charge in [0.05, 0.1) is 16.0 Å². The van der Waals surface area contributed by atoms with E-state index in [0.29, 0.717) is 38.2 Å². The number of aryl methyl sites for hydroxylation is 1. The molecule has 3 aromatic heterocycles. The van der Waals surface area contributed by atoms with E-state index < -0.39 is 0 Å². The average Bonchev–Trinajstić information content (AvgIpc) is 3.25. The van der Waals surface area contributed by atoms with Gasteiger partial charge in [-0.3, -0.25) is 9.59 Å². The van der Waals surface area contributed by atoms with Gasteiger partial charge in [0.15, 0.2) is 10.9 Å². The molecule has 0 spiro atoms. The zero-order valence-corrected chi connectivity index (χ0v) is 15.8. The van der Waals surface area contributed by atoms with Gasteiger partial charge in [-0.1, -0.05) is 11.8 Å². The van der Waals surface area contributed by atoms with Gasteiger partial charge >= 0.3 is 0 Å². The number of ketones is 1. The van der Waals surface area contributed by atoms with E-state index in [1.807, 2.05) is 11.6 Å². The summed E-state index contributed by atoms with van der Waals surface area (Å²) in [5, 5.41) is 9.82. The highest BCUT2D eigenvalue weighted by Gasteiger charge is 2.29. The Morgan fingerprint density at radius 3 is 2.84 bits per heavy atom. The number of thiophene rings is 1. The number of aromatic amines is 1. The minimum absolute atomic E-state index is 0.0393. The van der Waals surface area contributed by atoms with Gasteiger partial charge in [-0.15, -0.1) is 21.5 Å². The number of carbonyl (C=O) groups excluding carboxylic acids is 1. The first-order chi connectivity index (χ1) is 12.0. The number of thioether (sulfide) groups is 1. The maximum absolute atomic E-state index is 12.4. The molecule has 4 rings (SSSR count). The Morgan fingerprint density at radius 1 is 1.40 bits per heavy atom. The summed E-state index contributed by atoms with van der Waals surface area (Å²) in [7, 11) is 1.97. The second-order valence-electron chi connectivity index (χ2n) is 6.27. The Bertz CT molecular complexity index is 1040. The molecule has 0 aromatic carbocycles. The van der Waals surface area contributed by atoms with E-state index in [0.717, 1.165) is 11.0 Å². The van der Waals surface area contributed by atoms with Crippen LogP contribution in [0.1, 0.15) is 52.6 Å². The molecule has 0 unspecified atom stereocenters. The van der Waals surface area contributed by atoms with Crippen LogP contribution < -0.4 is 5.56 Å². The summed E-state index contributed by atoms with van der Waals surface area (Å²) in [6.45, 7) is 3.30. The number of rotatable bonds is 5. The third-order valence-electron chi connectivity index (χ3n) is 4.32. The zero-order chi connectivity index (χ0) is 17.7. The maximum Gasteiger partial charge on any atom is 0.259 e. The highest BCUT2D eigenvalue weighted by atomic mass is 32.2. The summed E-state index contributed by atoms with van der Waals surface area (Å²) in [4.78, 5) is 32.6. The summed E-state index contributed by atoms with van der Waals surface area (Å²) < 4.78 is 2.02. The highest BCUT2D eigenvalue weighted by Crippen LogP contribution is 2.39. The lowest BCUT2D eigenvalue weighted by Crippen LogP contribution is -2.11. The first kappa shape index (κ1) is 16.5. The lowest BCUT2D eigenvalue weighted by atomic mass is 10.2. The summed E-state index contributed by atoms with van der Waals surface area (Å²) in [5.41, 5.74) is 0.515. The van der Waals surface area contributed by atoms with Crippen LogP contribution in [0.2, 0.25) is 0 Å². The lowest BCUT2D eigenvalue weighted by Gasteiger charge is -2.03. The van der Waals surface area contributed by atoms with Crippen molar-refractivity contribution in [3.05, 3.63) is 32.4 Å². The molecule has 3 heterocycles. The molecule has 3 aromatic rings. The van der Waals surface area contributed by atoms with Crippen LogP contribution in [0.25, 0.3) is 10.2 Å². The fraction of sp³-hybridized carbons (Fsp3) is 0.438. The number of carbonyl (C=O) groups is 1. The van der Waals surface area contributed by atoms with Gasteiger partial charge in [0.25, 0.3) is 5.56 Å². The average molecular weight is 375 g/mol. The van der Waals surface area contributed by atoms with Crippen molar-refractivity contribution in [2.45, 2.75) is 43.5 Å². The molecule has 0 atom stereocenters. The SMILES string of the molecule is CC(=O)c1sc2nc(CSc3nnc(C4CC4)n3C)[nH]c(=O)c2c1C. The molecule has 0 bridgehead atoms. The van der Waals surface area contributed by atoms with Gasteiger partial charge in [0.1, 0.15) is 16.5 Å². The molecule has 0 amide bonds. The van der Waals surface area contributed by atoms with Crippen LogP contribution in [0.4, 0.5) is 0 Å². The maximum atomic E-state index is 12.4.